The zero-order chi connectivity index (χ0) is 22.0. The van der Waals surface area contributed by atoms with Gasteiger partial charge in [0.2, 0.25) is 5.88 Å². The van der Waals surface area contributed by atoms with Gasteiger partial charge in [0.1, 0.15) is 17.8 Å². The maximum absolute atomic E-state index is 12.4. The summed E-state index contributed by atoms with van der Waals surface area (Å²) in [5, 5.41) is 10.1. The molecular formula is C23H23N5O3. The van der Waals surface area contributed by atoms with Gasteiger partial charge < -0.3 is 14.6 Å². The number of hydrogen-bond donors (Lipinski definition) is 2. The number of carbonyl (C=O) groups is 1. The summed E-state index contributed by atoms with van der Waals surface area (Å²) in [5.41, 5.74) is 2.25. The standard InChI is InChI=1S/C23H23N5O3/c1-14-8-9-18-17(10-14)21(25-13-24-18)30-16-7-5-6-15(11-16)26-22(29)27-20-12-19(31-28-20)23(2,3)4/h5-13H,1-4H3,(H2,26,27,28,29). The van der Waals surface area contributed by atoms with Crippen molar-refractivity contribution in [2.24, 2.45) is 0 Å². The van der Waals surface area contributed by atoms with E-state index in [0.717, 1.165) is 16.5 Å². The molecule has 158 valence electrons. The molecular weight excluding hydrogens is 394 g/mol. The first kappa shape index (κ1) is 20.3. The number of fused-ring (bicyclic) bond motifs is 1. The summed E-state index contributed by atoms with van der Waals surface area (Å²) < 4.78 is 11.3. The van der Waals surface area contributed by atoms with Gasteiger partial charge >= 0.3 is 6.03 Å². The van der Waals surface area contributed by atoms with Crippen molar-refractivity contribution in [3.05, 3.63) is 66.2 Å². The third-order valence-corrected chi connectivity index (χ3v) is 4.55. The third kappa shape index (κ3) is 4.80. The summed E-state index contributed by atoms with van der Waals surface area (Å²) in [6, 6.07) is 14.2. The van der Waals surface area contributed by atoms with Crippen LogP contribution in [0.5, 0.6) is 11.6 Å². The quantitative estimate of drug-likeness (QED) is 0.444. The molecule has 2 heterocycles. The van der Waals surface area contributed by atoms with Crippen molar-refractivity contribution in [1.29, 1.82) is 0 Å². The molecule has 31 heavy (non-hydrogen) atoms. The van der Waals surface area contributed by atoms with Crippen molar-refractivity contribution in [3.63, 3.8) is 0 Å². The molecule has 2 N–H and O–H groups in total. The van der Waals surface area contributed by atoms with Crippen LogP contribution in [0.2, 0.25) is 0 Å². The zero-order valence-electron chi connectivity index (χ0n) is 17.8. The molecule has 4 rings (SSSR count). The third-order valence-electron chi connectivity index (χ3n) is 4.55. The lowest BCUT2D eigenvalue weighted by atomic mass is 9.93. The van der Waals surface area contributed by atoms with E-state index < -0.39 is 6.03 Å². The highest BCUT2D eigenvalue weighted by Gasteiger charge is 2.20. The number of urea groups is 1. The van der Waals surface area contributed by atoms with Crippen LogP contribution in [0.15, 0.2) is 59.4 Å². The summed E-state index contributed by atoms with van der Waals surface area (Å²) in [6.07, 6.45) is 1.46. The van der Waals surface area contributed by atoms with Crippen molar-refractivity contribution < 1.29 is 14.1 Å². The topological polar surface area (TPSA) is 102 Å². The van der Waals surface area contributed by atoms with Gasteiger partial charge in [-0.1, -0.05) is 43.6 Å². The molecule has 0 atom stereocenters. The summed E-state index contributed by atoms with van der Waals surface area (Å²) in [4.78, 5) is 20.9. The van der Waals surface area contributed by atoms with Gasteiger partial charge in [-0.2, -0.15) is 0 Å². The molecule has 8 heteroatoms. The Hall–Kier alpha value is -3.94. The normalized spacial score (nSPS) is 11.4. The molecule has 0 fully saturated rings. The first-order valence-corrected chi connectivity index (χ1v) is 9.82. The van der Waals surface area contributed by atoms with Crippen molar-refractivity contribution >= 4 is 28.4 Å². The average molecular weight is 417 g/mol. The number of hydrogen-bond acceptors (Lipinski definition) is 6. The Labute approximate surface area is 179 Å². The van der Waals surface area contributed by atoms with E-state index in [1.165, 1.54) is 6.33 Å². The van der Waals surface area contributed by atoms with E-state index in [9.17, 15) is 4.79 Å². The van der Waals surface area contributed by atoms with E-state index in [-0.39, 0.29) is 5.41 Å². The molecule has 0 bridgehead atoms. The first-order chi connectivity index (χ1) is 14.8. The summed E-state index contributed by atoms with van der Waals surface area (Å²) in [7, 11) is 0. The highest BCUT2D eigenvalue weighted by Crippen LogP contribution is 2.29. The molecule has 4 aromatic rings. The molecule has 0 unspecified atom stereocenters. The Kier molecular flexibility index (Phi) is 5.29. The predicted molar refractivity (Wildman–Crippen MR) is 119 cm³/mol. The van der Waals surface area contributed by atoms with Gasteiger partial charge in [0.15, 0.2) is 5.82 Å². The fraction of sp³-hybridized carbons (Fsp3) is 0.217. The number of aryl methyl sites for hydroxylation is 1. The van der Waals surface area contributed by atoms with Gasteiger partial charge in [0.25, 0.3) is 0 Å². The number of amides is 2. The average Bonchev–Trinajstić information content (AvgIpc) is 3.17. The number of nitrogens with one attached hydrogen (secondary N) is 2. The lowest BCUT2D eigenvalue weighted by molar-refractivity contribution is 0.262. The minimum Gasteiger partial charge on any atom is -0.438 e. The van der Waals surface area contributed by atoms with Crippen LogP contribution < -0.4 is 15.4 Å². The highest BCUT2D eigenvalue weighted by molar-refractivity contribution is 5.99. The molecule has 0 saturated heterocycles. The van der Waals surface area contributed by atoms with Crippen LogP contribution >= 0.6 is 0 Å². The van der Waals surface area contributed by atoms with Crippen molar-refractivity contribution in [3.8, 4) is 11.6 Å². The molecule has 0 aliphatic carbocycles. The molecule has 2 aromatic carbocycles. The van der Waals surface area contributed by atoms with Crippen LogP contribution in [-0.2, 0) is 5.41 Å². The highest BCUT2D eigenvalue weighted by atomic mass is 16.5. The Morgan fingerprint density at radius 1 is 1.03 bits per heavy atom. The molecule has 2 amide bonds. The smallest absolute Gasteiger partial charge is 0.324 e. The molecule has 0 aliphatic heterocycles. The second kappa shape index (κ2) is 8.06. The second-order valence-corrected chi connectivity index (χ2v) is 8.23. The number of anilines is 2. The Bertz CT molecular complexity index is 1240. The van der Waals surface area contributed by atoms with Gasteiger partial charge in [-0.3, -0.25) is 5.32 Å². The lowest BCUT2D eigenvalue weighted by Gasteiger charge is -2.12. The largest absolute Gasteiger partial charge is 0.438 e. The van der Waals surface area contributed by atoms with Gasteiger partial charge in [0.05, 0.1) is 10.9 Å². The van der Waals surface area contributed by atoms with Crippen molar-refractivity contribution in [1.82, 2.24) is 15.1 Å². The molecule has 8 nitrogen and oxygen atoms in total. The van der Waals surface area contributed by atoms with Crippen LogP contribution in [0, 0.1) is 6.92 Å². The van der Waals surface area contributed by atoms with Gasteiger partial charge in [0, 0.05) is 23.2 Å². The summed E-state index contributed by atoms with van der Waals surface area (Å²) in [6.45, 7) is 8.01. The number of nitrogens with zero attached hydrogens (tertiary/aromatic N) is 3. The molecule has 0 radical (unpaired) electrons. The number of aromatic nitrogens is 3. The minimum absolute atomic E-state index is 0.196. The zero-order valence-corrected chi connectivity index (χ0v) is 17.8. The van der Waals surface area contributed by atoms with E-state index in [1.54, 1.807) is 30.3 Å². The molecule has 2 aromatic heterocycles. The fourth-order valence-electron chi connectivity index (χ4n) is 2.94. The van der Waals surface area contributed by atoms with E-state index in [1.807, 2.05) is 45.9 Å². The first-order valence-electron chi connectivity index (χ1n) is 9.82. The Morgan fingerprint density at radius 3 is 2.65 bits per heavy atom. The summed E-state index contributed by atoms with van der Waals surface area (Å²) in [5.74, 6) is 2.02. The number of ether oxygens (including phenoxy) is 1. The van der Waals surface area contributed by atoms with Crippen molar-refractivity contribution in [2.45, 2.75) is 33.1 Å². The maximum atomic E-state index is 12.4. The van der Waals surface area contributed by atoms with Crippen LogP contribution in [0.1, 0.15) is 32.1 Å². The van der Waals surface area contributed by atoms with Gasteiger partial charge in [-0.05, 0) is 31.2 Å². The van der Waals surface area contributed by atoms with E-state index >= 15 is 0 Å². The van der Waals surface area contributed by atoms with Crippen molar-refractivity contribution in [2.75, 3.05) is 10.6 Å². The fourth-order valence-corrected chi connectivity index (χ4v) is 2.94. The molecule has 0 spiro atoms. The number of rotatable bonds is 4. The number of carbonyl (C=O) groups excluding carboxylic acids is 1. The van der Waals surface area contributed by atoms with Crippen LogP contribution in [0.3, 0.4) is 0 Å². The Balaban J connectivity index is 1.47. The van der Waals surface area contributed by atoms with Crippen LogP contribution in [0.4, 0.5) is 16.3 Å². The monoisotopic (exact) mass is 417 g/mol. The summed E-state index contributed by atoms with van der Waals surface area (Å²) >= 11 is 0. The van der Waals surface area contributed by atoms with E-state index in [4.69, 9.17) is 9.26 Å². The minimum atomic E-state index is -0.436. The Morgan fingerprint density at radius 2 is 1.87 bits per heavy atom. The van der Waals surface area contributed by atoms with E-state index in [2.05, 4.69) is 25.8 Å². The molecule has 0 saturated carbocycles. The predicted octanol–water partition coefficient (Wildman–Crippen LogP) is 5.66. The maximum Gasteiger partial charge on any atom is 0.324 e. The van der Waals surface area contributed by atoms with E-state index in [0.29, 0.717) is 28.9 Å². The second-order valence-electron chi connectivity index (χ2n) is 8.23. The van der Waals surface area contributed by atoms with Gasteiger partial charge in [-0.15, -0.1) is 0 Å². The number of benzene rings is 2. The molecule has 0 aliphatic rings. The SMILES string of the molecule is Cc1ccc2ncnc(Oc3cccc(NC(=O)Nc4cc(C(C)(C)C)on4)c3)c2c1. The van der Waals surface area contributed by atoms with Crippen LogP contribution in [-0.4, -0.2) is 21.2 Å². The lowest BCUT2D eigenvalue weighted by Crippen LogP contribution is -2.19. The van der Waals surface area contributed by atoms with Crippen LogP contribution in [0.25, 0.3) is 10.9 Å². The van der Waals surface area contributed by atoms with Gasteiger partial charge in [-0.25, -0.2) is 14.8 Å².